The summed E-state index contributed by atoms with van der Waals surface area (Å²) in [6.45, 7) is 1.59. The normalized spacial score (nSPS) is 15.3. The molecule has 8 heteroatoms. The maximum absolute atomic E-state index is 13.6. The maximum Gasteiger partial charge on any atom is 0.264 e. The van der Waals surface area contributed by atoms with Crippen LogP contribution in [0.15, 0.2) is 77.7 Å². The fraction of sp³-hybridized carbons (Fsp3) is 0.208. The van der Waals surface area contributed by atoms with E-state index >= 15 is 0 Å². The molecule has 0 saturated carbocycles. The number of carbonyl (C=O) groups excluding carboxylic acids is 1. The van der Waals surface area contributed by atoms with Crippen molar-refractivity contribution in [1.29, 1.82) is 0 Å². The minimum absolute atomic E-state index is 0.0689. The number of para-hydroxylation sites is 1. The fourth-order valence-electron chi connectivity index (χ4n) is 3.99. The van der Waals surface area contributed by atoms with Gasteiger partial charge in [0.15, 0.2) is 0 Å². The van der Waals surface area contributed by atoms with Crippen molar-refractivity contribution in [3.8, 4) is 5.75 Å². The first-order chi connectivity index (χ1) is 15.3. The van der Waals surface area contributed by atoms with Crippen LogP contribution >= 0.6 is 11.6 Å². The zero-order valence-corrected chi connectivity index (χ0v) is 19.3. The van der Waals surface area contributed by atoms with E-state index in [9.17, 15) is 13.2 Å². The molecule has 0 saturated heterocycles. The lowest BCUT2D eigenvalue weighted by Crippen LogP contribution is -2.45. The molecule has 0 spiro atoms. The summed E-state index contributed by atoms with van der Waals surface area (Å²) in [6.07, 6.45) is 0.724. The zero-order chi connectivity index (χ0) is 22.9. The van der Waals surface area contributed by atoms with E-state index in [0.717, 1.165) is 22.0 Å². The van der Waals surface area contributed by atoms with Gasteiger partial charge >= 0.3 is 0 Å². The highest BCUT2D eigenvalue weighted by Crippen LogP contribution is 2.34. The summed E-state index contributed by atoms with van der Waals surface area (Å²) in [4.78, 5) is 15.2. The minimum Gasteiger partial charge on any atom is -0.495 e. The molecule has 0 aliphatic carbocycles. The molecule has 1 aliphatic rings. The van der Waals surface area contributed by atoms with Crippen molar-refractivity contribution in [2.24, 2.45) is 0 Å². The minimum atomic E-state index is -4.02. The summed E-state index contributed by atoms with van der Waals surface area (Å²) in [5.41, 5.74) is 2.17. The van der Waals surface area contributed by atoms with Gasteiger partial charge in [-0.15, -0.1) is 0 Å². The number of carbonyl (C=O) groups is 1. The van der Waals surface area contributed by atoms with Crippen LogP contribution < -0.4 is 13.9 Å². The molecule has 1 heterocycles. The van der Waals surface area contributed by atoms with Gasteiger partial charge in [-0.05, 0) is 55.3 Å². The van der Waals surface area contributed by atoms with Gasteiger partial charge < -0.3 is 9.64 Å². The van der Waals surface area contributed by atoms with Crippen molar-refractivity contribution in [3.05, 3.63) is 83.4 Å². The molecule has 3 aromatic rings. The summed E-state index contributed by atoms with van der Waals surface area (Å²) < 4.78 is 33.4. The fourth-order valence-corrected chi connectivity index (χ4v) is 5.67. The summed E-state index contributed by atoms with van der Waals surface area (Å²) in [7, 11) is -2.54. The third-order valence-electron chi connectivity index (χ3n) is 5.51. The van der Waals surface area contributed by atoms with E-state index in [4.69, 9.17) is 16.3 Å². The highest BCUT2D eigenvalue weighted by molar-refractivity contribution is 7.92. The van der Waals surface area contributed by atoms with Crippen molar-refractivity contribution < 1.29 is 17.9 Å². The Morgan fingerprint density at radius 1 is 1.09 bits per heavy atom. The number of halogens is 1. The number of amides is 1. The third-order valence-corrected chi connectivity index (χ3v) is 7.59. The SMILES string of the molecule is COc1ccc(N(CC(=O)N2c3ccccc3C[C@H]2C)S(=O)(=O)c2ccccc2)cc1Cl. The molecule has 0 unspecified atom stereocenters. The Balaban J connectivity index is 1.75. The number of hydrogen-bond acceptors (Lipinski definition) is 4. The Hall–Kier alpha value is -3.03. The van der Waals surface area contributed by atoms with Crippen LogP contribution in [-0.4, -0.2) is 34.0 Å². The second-order valence-electron chi connectivity index (χ2n) is 7.59. The molecule has 0 aromatic heterocycles. The van der Waals surface area contributed by atoms with Crippen LogP contribution in [0, 0.1) is 0 Å². The molecule has 32 heavy (non-hydrogen) atoms. The molecule has 1 aliphatic heterocycles. The molecule has 1 amide bonds. The lowest BCUT2D eigenvalue weighted by Gasteiger charge is -2.29. The Morgan fingerprint density at radius 3 is 2.47 bits per heavy atom. The number of anilines is 2. The van der Waals surface area contributed by atoms with Crippen molar-refractivity contribution in [3.63, 3.8) is 0 Å². The van der Waals surface area contributed by atoms with Crippen molar-refractivity contribution in [2.75, 3.05) is 22.9 Å². The number of rotatable bonds is 6. The lowest BCUT2D eigenvalue weighted by atomic mass is 10.1. The Bertz CT molecular complexity index is 1250. The topological polar surface area (TPSA) is 66.9 Å². The molecule has 0 fully saturated rings. The van der Waals surface area contributed by atoms with Crippen LogP contribution in [0.1, 0.15) is 12.5 Å². The van der Waals surface area contributed by atoms with Gasteiger partial charge in [0.1, 0.15) is 12.3 Å². The largest absolute Gasteiger partial charge is 0.495 e. The number of methoxy groups -OCH3 is 1. The summed E-state index contributed by atoms with van der Waals surface area (Å²) in [5, 5.41) is 0.255. The van der Waals surface area contributed by atoms with Gasteiger partial charge in [0.05, 0.1) is 22.7 Å². The van der Waals surface area contributed by atoms with Crippen LogP contribution in [0.5, 0.6) is 5.75 Å². The van der Waals surface area contributed by atoms with E-state index in [2.05, 4.69) is 0 Å². The number of benzene rings is 3. The Kier molecular flexibility index (Phi) is 6.13. The molecule has 0 radical (unpaired) electrons. The highest BCUT2D eigenvalue weighted by Gasteiger charge is 2.34. The first-order valence-corrected chi connectivity index (χ1v) is 12.0. The van der Waals surface area contributed by atoms with Gasteiger partial charge in [0.25, 0.3) is 10.0 Å². The Morgan fingerprint density at radius 2 is 1.78 bits per heavy atom. The van der Waals surface area contributed by atoms with Gasteiger partial charge in [-0.3, -0.25) is 9.10 Å². The van der Waals surface area contributed by atoms with Crippen molar-refractivity contribution >= 4 is 38.9 Å². The molecular formula is C24H23ClN2O4S. The summed E-state index contributed by atoms with van der Waals surface area (Å²) in [6, 6.07) is 20.3. The molecule has 166 valence electrons. The van der Waals surface area contributed by atoms with Crippen LogP contribution in [-0.2, 0) is 21.2 Å². The number of nitrogens with zero attached hydrogens (tertiary/aromatic N) is 2. The predicted molar refractivity (Wildman–Crippen MR) is 126 cm³/mol. The standard InChI is InChI=1S/C24H23ClN2O4S/c1-17-14-18-8-6-7-11-22(18)27(17)24(28)16-26(19-12-13-23(31-2)21(25)15-19)32(29,30)20-9-4-3-5-10-20/h3-13,15,17H,14,16H2,1-2H3/t17-/m1/s1. The number of hydrogen-bond donors (Lipinski definition) is 0. The average Bonchev–Trinajstić information content (AvgIpc) is 3.13. The number of fused-ring (bicyclic) bond motifs is 1. The second kappa shape index (κ2) is 8.84. The first kappa shape index (κ1) is 22.2. The molecule has 3 aromatic carbocycles. The smallest absolute Gasteiger partial charge is 0.264 e. The molecule has 6 nitrogen and oxygen atoms in total. The van der Waals surface area contributed by atoms with Crippen LogP contribution in [0.4, 0.5) is 11.4 Å². The van der Waals surface area contributed by atoms with Gasteiger partial charge in [-0.2, -0.15) is 0 Å². The van der Waals surface area contributed by atoms with Gasteiger partial charge in [-0.25, -0.2) is 8.42 Å². The van der Waals surface area contributed by atoms with Crippen LogP contribution in [0.2, 0.25) is 5.02 Å². The summed E-state index contributed by atoms with van der Waals surface area (Å²) in [5.74, 6) is 0.106. The van der Waals surface area contributed by atoms with E-state index in [-0.39, 0.29) is 34.1 Å². The Labute approximate surface area is 193 Å². The van der Waals surface area contributed by atoms with E-state index in [0.29, 0.717) is 5.75 Å². The van der Waals surface area contributed by atoms with E-state index in [1.54, 1.807) is 35.2 Å². The lowest BCUT2D eigenvalue weighted by molar-refractivity contribution is -0.117. The van der Waals surface area contributed by atoms with E-state index < -0.39 is 10.0 Å². The monoisotopic (exact) mass is 470 g/mol. The average molecular weight is 471 g/mol. The summed E-state index contributed by atoms with van der Waals surface area (Å²) >= 11 is 6.28. The zero-order valence-electron chi connectivity index (χ0n) is 17.7. The molecule has 0 bridgehead atoms. The maximum atomic E-state index is 13.6. The predicted octanol–water partition coefficient (Wildman–Crippen LogP) is 4.52. The highest BCUT2D eigenvalue weighted by atomic mass is 35.5. The van der Waals surface area contributed by atoms with Crippen LogP contribution in [0.25, 0.3) is 0 Å². The van der Waals surface area contributed by atoms with Gasteiger partial charge in [0, 0.05) is 11.7 Å². The first-order valence-electron chi connectivity index (χ1n) is 10.1. The van der Waals surface area contributed by atoms with Crippen molar-refractivity contribution in [2.45, 2.75) is 24.3 Å². The van der Waals surface area contributed by atoms with E-state index in [1.165, 1.54) is 25.3 Å². The number of ether oxygens (including phenoxy) is 1. The molecular weight excluding hydrogens is 448 g/mol. The molecule has 0 N–H and O–H groups in total. The van der Waals surface area contributed by atoms with Crippen molar-refractivity contribution in [1.82, 2.24) is 0 Å². The third kappa shape index (κ3) is 4.06. The molecule has 4 rings (SSSR count). The molecule has 1 atom stereocenters. The quantitative estimate of drug-likeness (QED) is 0.531. The van der Waals surface area contributed by atoms with Crippen LogP contribution in [0.3, 0.4) is 0 Å². The van der Waals surface area contributed by atoms with Gasteiger partial charge in [-0.1, -0.05) is 48.0 Å². The van der Waals surface area contributed by atoms with Gasteiger partial charge in [0.2, 0.25) is 5.91 Å². The number of sulfonamides is 1. The van der Waals surface area contributed by atoms with E-state index in [1.807, 2.05) is 31.2 Å². The second-order valence-corrected chi connectivity index (χ2v) is 9.86.